The van der Waals surface area contributed by atoms with Gasteiger partial charge in [-0.15, -0.1) is 0 Å². The van der Waals surface area contributed by atoms with Crippen LogP contribution >= 0.6 is 11.6 Å². The van der Waals surface area contributed by atoms with Crippen molar-refractivity contribution < 1.29 is 32.5 Å². The van der Waals surface area contributed by atoms with Crippen molar-refractivity contribution in [3.05, 3.63) is 112 Å². The van der Waals surface area contributed by atoms with Crippen LogP contribution in [0.2, 0.25) is 5.02 Å². The van der Waals surface area contributed by atoms with Gasteiger partial charge in [0.2, 0.25) is 5.88 Å². The van der Waals surface area contributed by atoms with Crippen molar-refractivity contribution in [1.29, 1.82) is 0 Å². The quantitative estimate of drug-likeness (QED) is 0.200. The fourth-order valence-corrected chi connectivity index (χ4v) is 5.43. The molecule has 5 aromatic rings. The van der Waals surface area contributed by atoms with Crippen LogP contribution in [0, 0.1) is 23.4 Å². The van der Waals surface area contributed by atoms with E-state index in [1.807, 2.05) is 11.5 Å². The molecule has 7 nitrogen and oxygen atoms in total. The molecule has 2 atom stereocenters. The minimum atomic E-state index is -1.07. The summed E-state index contributed by atoms with van der Waals surface area (Å²) in [6.07, 6.45) is -0.0351. The highest BCUT2D eigenvalue weighted by molar-refractivity contribution is 6.30. The second kappa shape index (κ2) is 11.7. The van der Waals surface area contributed by atoms with Crippen molar-refractivity contribution in [3.63, 3.8) is 0 Å². The summed E-state index contributed by atoms with van der Waals surface area (Å²) in [5.74, 6) is -2.28. The van der Waals surface area contributed by atoms with Crippen molar-refractivity contribution >= 4 is 28.6 Å². The van der Waals surface area contributed by atoms with Crippen LogP contribution in [0.5, 0.6) is 5.88 Å². The minimum absolute atomic E-state index is 0.0351. The lowest BCUT2D eigenvalue weighted by molar-refractivity contribution is 0.0697. The Kier molecular flexibility index (Phi) is 7.81. The van der Waals surface area contributed by atoms with Crippen molar-refractivity contribution in [2.75, 3.05) is 13.2 Å². The summed E-state index contributed by atoms with van der Waals surface area (Å²) in [6, 6.07) is 15.5. The summed E-state index contributed by atoms with van der Waals surface area (Å²) in [5.41, 5.74) is 1.66. The van der Waals surface area contributed by atoms with Crippen molar-refractivity contribution in [2.24, 2.45) is 5.92 Å². The van der Waals surface area contributed by atoms with Crippen LogP contribution in [0.4, 0.5) is 13.2 Å². The number of hydrogen-bond donors (Lipinski definition) is 1. The average Bonchev–Trinajstić information content (AvgIpc) is 3.55. The summed E-state index contributed by atoms with van der Waals surface area (Å²) in [7, 11) is 0. The van der Waals surface area contributed by atoms with Gasteiger partial charge in [0.15, 0.2) is 0 Å². The molecule has 0 amide bonds. The third kappa shape index (κ3) is 5.80. The molecule has 1 saturated heterocycles. The Morgan fingerprint density at radius 1 is 1.00 bits per heavy atom. The number of benzene rings is 3. The Bertz CT molecular complexity index is 1860. The maximum Gasteiger partial charge on any atom is 0.335 e. The van der Waals surface area contributed by atoms with Gasteiger partial charge < -0.3 is 19.1 Å². The first kappa shape index (κ1) is 28.7. The molecule has 0 aliphatic carbocycles. The van der Waals surface area contributed by atoms with E-state index in [0.29, 0.717) is 30.1 Å². The Morgan fingerprint density at radius 3 is 2.56 bits per heavy atom. The van der Waals surface area contributed by atoms with Gasteiger partial charge in [-0.25, -0.2) is 27.9 Å². The van der Waals surface area contributed by atoms with E-state index in [0.717, 1.165) is 12.1 Å². The predicted octanol–water partition coefficient (Wildman–Crippen LogP) is 7.24. The molecule has 1 N–H and O–H groups in total. The van der Waals surface area contributed by atoms with Crippen molar-refractivity contribution in [3.8, 4) is 17.1 Å². The zero-order valence-electron chi connectivity index (χ0n) is 22.9. The molecule has 0 spiro atoms. The zero-order valence-corrected chi connectivity index (χ0v) is 23.6. The molecule has 3 aromatic carbocycles. The number of pyridine rings is 1. The molecule has 1 aliphatic rings. The van der Waals surface area contributed by atoms with E-state index < -0.39 is 23.4 Å². The number of carbonyl (C=O) groups is 1. The molecule has 0 bridgehead atoms. The lowest BCUT2D eigenvalue weighted by atomic mass is 10.0. The highest BCUT2D eigenvalue weighted by Crippen LogP contribution is 2.33. The van der Waals surface area contributed by atoms with Gasteiger partial charge in [0.1, 0.15) is 29.9 Å². The van der Waals surface area contributed by atoms with Gasteiger partial charge in [-0.2, -0.15) is 0 Å². The first-order chi connectivity index (χ1) is 20.7. The second-order valence-electron chi connectivity index (χ2n) is 10.5. The SMILES string of the molecule is C[C@H]1COC[C@@H]1n1c(Cc2cc(F)c(-c3cccc(OCc4ccc(Cl)cc4F)n3)cc2F)nc2ccc(C(=O)O)cc21. The summed E-state index contributed by atoms with van der Waals surface area (Å²) in [6.45, 7) is 2.79. The number of carboxylic acid groups (broad SMARTS) is 1. The summed E-state index contributed by atoms with van der Waals surface area (Å²) in [4.78, 5) is 20.6. The largest absolute Gasteiger partial charge is 0.478 e. The van der Waals surface area contributed by atoms with Crippen LogP contribution in [0.1, 0.15) is 40.3 Å². The third-order valence-electron chi connectivity index (χ3n) is 7.54. The third-order valence-corrected chi connectivity index (χ3v) is 7.78. The maximum absolute atomic E-state index is 15.5. The number of nitrogens with zero attached hydrogens (tertiary/aromatic N) is 3. The summed E-state index contributed by atoms with van der Waals surface area (Å²) >= 11 is 5.80. The standard InChI is InChI=1S/C32H25ClF3N3O4/c1-17-14-42-16-29(17)39-28-10-18(32(40)41)6-8-27(28)37-30(39)11-20-9-25(36)22(13-24(20)35)26-3-2-4-31(38-26)43-15-19-5-7-21(33)12-23(19)34/h2-10,12-13,17,29H,11,14-16H2,1H3,(H,40,41)/t17-,29-/m0/s1. The van der Waals surface area contributed by atoms with Crippen LogP contribution in [-0.4, -0.2) is 38.8 Å². The maximum atomic E-state index is 15.5. The summed E-state index contributed by atoms with van der Waals surface area (Å²) < 4.78 is 58.3. The van der Waals surface area contributed by atoms with E-state index >= 15 is 8.78 Å². The molecule has 0 unspecified atom stereocenters. The monoisotopic (exact) mass is 607 g/mol. The van der Waals surface area contributed by atoms with E-state index in [1.54, 1.807) is 18.2 Å². The molecule has 0 saturated carbocycles. The first-order valence-electron chi connectivity index (χ1n) is 13.5. The molecule has 43 heavy (non-hydrogen) atoms. The fourth-order valence-electron chi connectivity index (χ4n) is 5.28. The van der Waals surface area contributed by atoms with Gasteiger partial charge in [0.25, 0.3) is 0 Å². The predicted molar refractivity (Wildman–Crippen MR) is 154 cm³/mol. The van der Waals surface area contributed by atoms with Gasteiger partial charge >= 0.3 is 5.97 Å². The Hall–Kier alpha value is -4.41. The van der Waals surface area contributed by atoms with E-state index in [4.69, 9.17) is 21.1 Å². The van der Waals surface area contributed by atoms with Crippen LogP contribution in [-0.2, 0) is 17.8 Å². The number of ether oxygens (including phenoxy) is 2. The normalized spacial score (nSPS) is 16.6. The van der Waals surface area contributed by atoms with Crippen LogP contribution in [0.25, 0.3) is 22.3 Å². The number of halogens is 4. The fraction of sp³-hybridized carbons (Fsp3) is 0.219. The first-order valence-corrected chi connectivity index (χ1v) is 13.9. The van der Waals surface area contributed by atoms with Crippen LogP contribution in [0.15, 0.2) is 66.7 Å². The average molecular weight is 608 g/mol. The minimum Gasteiger partial charge on any atom is -0.478 e. The van der Waals surface area contributed by atoms with Gasteiger partial charge in [0, 0.05) is 34.6 Å². The zero-order chi connectivity index (χ0) is 30.2. The molecule has 11 heteroatoms. The van der Waals surface area contributed by atoms with Crippen LogP contribution < -0.4 is 4.74 Å². The number of aromatic carboxylic acids is 1. The smallest absolute Gasteiger partial charge is 0.335 e. The van der Waals surface area contributed by atoms with Gasteiger partial charge in [0.05, 0.1) is 41.5 Å². The second-order valence-corrected chi connectivity index (χ2v) is 10.9. The topological polar surface area (TPSA) is 86.5 Å². The molecule has 3 heterocycles. The molecular weight excluding hydrogens is 583 g/mol. The molecular formula is C32H25ClF3N3O4. The molecule has 1 fully saturated rings. The van der Waals surface area contributed by atoms with Gasteiger partial charge in [-0.1, -0.05) is 30.7 Å². The van der Waals surface area contributed by atoms with E-state index in [2.05, 4.69) is 9.97 Å². The van der Waals surface area contributed by atoms with Gasteiger partial charge in [-0.05, 0) is 54.1 Å². The lowest BCUT2D eigenvalue weighted by Gasteiger charge is -2.20. The Morgan fingerprint density at radius 2 is 1.81 bits per heavy atom. The molecule has 2 aromatic heterocycles. The van der Waals surface area contributed by atoms with E-state index in [1.165, 1.54) is 36.4 Å². The molecule has 6 rings (SSSR count). The van der Waals surface area contributed by atoms with Crippen molar-refractivity contribution in [1.82, 2.24) is 14.5 Å². The highest BCUT2D eigenvalue weighted by atomic mass is 35.5. The van der Waals surface area contributed by atoms with E-state index in [-0.39, 0.29) is 63.8 Å². The summed E-state index contributed by atoms with van der Waals surface area (Å²) in [5, 5.41) is 9.78. The van der Waals surface area contributed by atoms with Gasteiger partial charge in [-0.3, -0.25) is 0 Å². The van der Waals surface area contributed by atoms with E-state index in [9.17, 15) is 14.3 Å². The number of carboxylic acids is 1. The number of aromatic nitrogens is 3. The molecule has 220 valence electrons. The lowest BCUT2D eigenvalue weighted by Crippen LogP contribution is -2.18. The van der Waals surface area contributed by atoms with Crippen LogP contribution in [0.3, 0.4) is 0 Å². The Labute approximate surface area is 249 Å². The number of fused-ring (bicyclic) bond motifs is 1. The molecule has 1 aliphatic heterocycles. The Balaban J connectivity index is 1.30. The highest BCUT2D eigenvalue weighted by Gasteiger charge is 2.30. The van der Waals surface area contributed by atoms with Crippen molar-refractivity contribution in [2.45, 2.75) is 26.0 Å². The number of hydrogen-bond acceptors (Lipinski definition) is 5. The number of rotatable bonds is 8. The number of imidazole rings is 1. The molecule has 0 radical (unpaired) electrons.